The topological polar surface area (TPSA) is 94.1 Å². The molecule has 0 atom stereocenters. The zero-order valence-corrected chi connectivity index (χ0v) is 14.9. The van der Waals surface area contributed by atoms with E-state index in [1.807, 2.05) is 6.92 Å². The minimum absolute atomic E-state index is 0.298. The van der Waals surface area contributed by atoms with Crippen LogP contribution < -0.4 is 19.5 Å². The largest absolute Gasteiger partial charge is 0.493 e. The molecule has 7 heteroatoms. The summed E-state index contributed by atoms with van der Waals surface area (Å²) in [6, 6.07) is 9.88. The lowest BCUT2D eigenvalue weighted by Gasteiger charge is -2.13. The number of amides is 1. The second kappa shape index (κ2) is 8.75. The number of carbonyl (C=O) groups is 2. The predicted molar refractivity (Wildman–Crippen MR) is 96.4 cm³/mol. The molecule has 138 valence electrons. The van der Waals surface area contributed by atoms with Crippen LogP contribution in [-0.2, 0) is 4.79 Å². The highest BCUT2D eigenvalue weighted by molar-refractivity contribution is 6.05. The summed E-state index contributed by atoms with van der Waals surface area (Å²) in [7, 11) is 1.51. The van der Waals surface area contributed by atoms with E-state index in [1.165, 1.54) is 7.11 Å². The SMILES string of the molecule is CCOc1ccc(C(=O)Nc2ccc(OCC(=O)O)cc2C)cc1OC. The maximum absolute atomic E-state index is 12.5. The van der Waals surface area contributed by atoms with Crippen molar-refractivity contribution < 1.29 is 28.9 Å². The Hall–Kier alpha value is -3.22. The number of benzene rings is 2. The molecule has 0 spiro atoms. The van der Waals surface area contributed by atoms with Crippen LogP contribution in [0, 0.1) is 6.92 Å². The molecule has 0 saturated heterocycles. The van der Waals surface area contributed by atoms with Gasteiger partial charge < -0.3 is 24.6 Å². The minimum atomic E-state index is -1.05. The van der Waals surface area contributed by atoms with Gasteiger partial charge in [-0.2, -0.15) is 0 Å². The zero-order chi connectivity index (χ0) is 19.1. The van der Waals surface area contributed by atoms with Crippen LogP contribution in [0.15, 0.2) is 36.4 Å². The molecule has 0 heterocycles. The fourth-order valence-electron chi connectivity index (χ4n) is 2.29. The number of hydrogen-bond acceptors (Lipinski definition) is 5. The third-order valence-electron chi connectivity index (χ3n) is 3.53. The molecule has 2 rings (SSSR count). The van der Waals surface area contributed by atoms with Crippen LogP contribution in [-0.4, -0.2) is 37.3 Å². The molecule has 0 saturated carbocycles. The molecule has 0 aliphatic rings. The maximum atomic E-state index is 12.5. The molecule has 0 radical (unpaired) electrons. The van der Waals surface area contributed by atoms with Crippen LogP contribution in [0.2, 0.25) is 0 Å². The molecule has 7 nitrogen and oxygen atoms in total. The van der Waals surface area contributed by atoms with Crippen molar-refractivity contribution >= 4 is 17.6 Å². The lowest BCUT2D eigenvalue weighted by molar-refractivity contribution is -0.139. The summed E-state index contributed by atoms with van der Waals surface area (Å²) in [4.78, 5) is 23.0. The highest BCUT2D eigenvalue weighted by Crippen LogP contribution is 2.29. The molecule has 2 N–H and O–H groups in total. The van der Waals surface area contributed by atoms with Crippen molar-refractivity contribution in [2.45, 2.75) is 13.8 Å². The van der Waals surface area contributed by atoms with Gasteiger partial charge in [-0.05, 0) is 55.8 Å². The Labute approximate surface area is 151 Å². The van der Waals surface area contributed by atoms with Crippen LogP contribution in [0.1, 0.15) is 22.8 Å². The third kappa shape index (κ3) is 4.89. The van der Waals surface area contributed by atoms with Gasteiger partial charge in [0, 0.05) is 11.3 Å². The summed E-state index contributed by atoms with van der Waals surface area (Å²) >= 11 is 0. The molecular formula is C19H21NO6. The van der Waals surface area contributed by atoms with Crippen molar-refractivity contribution in [2.75, 3.05) is 25.6 Å². The summed E-state index contributed by atoms with van der Waals surface area (Å²) in [5.74, 6) is 0.125. The van der Waals surface area contributed by atoms with Crippen LogP contribution in [0.4, 0.5) is 5.69 Å². The van der Waals surface area contributed by atoms with E-state index in [1.54, 1.807) is 43.3 Å². The van der Waals surface area contributed by atoms with Gasteiger partial charge in [0.25, 0.3) is 5.91 Å². The Morgan fingerprint density at radius 2 is 1.85 bits per heavy atom. The Morgan fingerprint density at radius 3 is 2.46 bits per heavy atom. The van der Waals surface area contributed by atoms with Crippen molar-refractivity contribution in [3.05, 3.63) is 47.5 Å². The number of aliphatic carboxylic acids is 1. The quantitative estimate of drug-likeness (QED) is 0.752. The van der Waals surface area contributed by atoms with E-state index in [-0.39, 0.29) is 5.91 Å². The monoisotopic (exact) mass is 359 g/mol. The number of carboxylic acid groups (broad SMARTS) is 1. The van der Waals surface area contributed by atoms with Crippen molar-refractivity contribution in [2.24, 2.45) is 0 Å². The van der Waals surface area contributed by atoms with E-state index >= 15 is 0 Å². The Morgan fingerprint density at radius 1 is 1.08 bits per heavy atom. The summed E-state index contributed by atoms with van der Waals surface area (Å²) < 4.78 is 15.8. The lowest BCUT2D eigenvalue weighted by Crippen LogP contribution is -2.13. The highest BCUT2D eigenvalue weighted by atomic mass is 16.5. The molecule has 0 aliphatic carbocycles. The Bertz CT molecular complexity index is 803. The van der Waals surface area contributed by atoms with E-state index in [0.29, 0.717) is 35.1 Å². The summed E-state index contributed by atoms with van der Waals surface area (Å²) in [6.45, 7) is 3.74. The second-order valence-electron chi connectivity index (χ2n) is 5.41. The van der Waals surface area contributed by atoms with E-state index in [4.69, 9.17) is 19.3 Å². The molecule has 2 aromatic carbocycles. The number of ether oxygens (including phenoxy) is 3. The van der Waals surface area contributed by atoms with Crippen molar-refractivity contribution in [3.63, 3.8) is 0 Å². The van der Waals surface area contributed by atoms with Gasteiger partial charge in [-0.1, -0.05) is 0 Å². The molecule has 26 heavy (non-hydrogen) atoms. The number of carbonyl (C=O) groups excluding carboxylic acids is 1. The first kappa shape index (κ1) is 19.1. The molecule has 0 unspecified atom stereocenters. The number of anilines is 1. The first-order chi connectivity index (χ1) is 12.4. The Kier molecular flexibility index (Phi) is 6.43. The van der Waals surface area contributed by atoms with E-state index in [0.717, 1.165) is 5.56 Å². The Balaban J connectivity index is 2.13. The molecule has 0 bridgehead atoms. The number of methoxy groups -OCH3 is 1. The van der Waals surface area contributed by atoms with Gasteiger partial charge in [-0.3, -0.25) is 4.79 Å². The summed E-state index contributed by atoms with van der Waals surface area (Å²) in [5, 5.41) is 11.5. The third-order valence-corrected chi connectivity index (χ3v) is 3.53. The standard InChI is InChI=1S/C19H21NO6/c1-4-25-16-8-5-13(10-17(16)24-3)19(23)20-15-7-6-14(9-12(15)2)26-11-18(21)22/h5-10H,4,11H2,1-3H3,(H,20,23)(H,21,22). The van der Waals surface area contributed by atoms with Crippen LogP contribution in [0.25, 0.3) is 0 Å². The van der Waals surface area contributed by atoms with E-state index < -0.39 is 12.6 Å². The average Bonchev–Trinajstić information content (AvgIpc) is 2.62. The van der Waals surface area contributed by atoms with Gasteiger partial charge in [0.1, 0.15) is 5.75 Å². The van der Waals surface area contributed by atoms with Gasteiger partial charge in [-0.15, -0.1) is 0 Å². The van der Waals surface area contributed by atoms with E-state index in [9.17, 15) is 9.59 Å². The first-order valence-electron chi connectivity index (χ1n) is 8.02. The average molecular weight is 359 g/mol. The van der Waals surface area contributed by atoms with Gasteiger partial charge in [0.15, 0.2) is 18.1 Å². The minimum Gasteiger partial charge on any atom is -0.493 e. The smallest absolute Gasteiger partial charge is 0.341 e. The maximum Gasteiger partial charge on any atom is 0.341 e. The summed E-state index contributed by atoms with van der Waals surface area (Å²) in [6.07, 6.45) is 0. The molecule has 0 fully saturated rings. The van der Waals surface area contributed by atoms with Crippen LogP contribution in [0.3, 0.4) is 0 Å². The second-order valence-corrected chi connectivity index (χ2v) is 5.41. The number of hydrogen-bond donors (Lipinski definition) is 2. The highest BCUT2D eigenvalue weighted by Gasteiger charge is 2.13. The van der Waals surface area contributed by atoms with Gasteiger partial charge in [0.2, 0.25) is 0 Å². The number of nitrogens with one attached hydrogen (secondary N) is 1. The summed E-state index contributed by atoms with van der Waals surface area (Å²) in [5.41, 5.74) is 1.78. The van der Waals surface area contributed by atoms with Crippen LogP contribution in [0.5, 0.6) is 17.2 Å². The molecule has 0 aliphatic heterocycles. The molecule has 1 amide bonds. The van der Waals surface area contributed by atoms with Crippen molar-refractivity contribution in [1.29, 1.82) is 0 Å². The first-order valence-corrected chi connectivity index (χ1v) is 8.02. The fourth-order valence-corrected chi connectivity index (χ4v) is 2.29. The van der Waals surface area contributed by atoms with Gasteiger partial charge in [0.05, 0.1) is 13.7 Å². The molecule has 0 aromatic heterocycles. The zero-order valence-electron chi connectivity index (χ0n) is 14.9. The predicted octanol–water partition coefficient (Wildman–Crippen LogP) is 3.12. The fraction of sp³-hybridized carbons (Fsp3) is 0.263. The normalized spacial score (nSPS) is 10.1. The molecule has 2 aromatic rings. The van der Waals surface area contributed by atoms with Crippen molar-refractivity contribution in [3.8, 4) is 17.2 Å². The number of aryl methyl sites for hydroxylation is 1. The lowest BCUT2D eigenvalue weighted by atomic mass is 10.1. The van der Waals surface area contributed by atoms with Crippen LogP contribution >= 0.6 is 0 Å². The van der Waals surface area contributed by atoms with Gasteiger partial charge in [-0.25, -0.2) is 4.79 Å². The van der Waals surface area contributed by atoms with Gasteiger partial charge >= 0.3 is 5.97 Å². The molecular weight excluding hydrogens is 338 g/mol. The van der Waals surface area contributed by atoms with E-state index in [2.05, 4.69) is 5.32 Å². The number of rotatable bonds is 8. The van der Waals surface area contributed by atoms with Crippen molar-refractivity contribution in [1.82, 2.24) is 0 Å². The number of carboxylic acids is 1.